The van der Waals surface area contributed by atoms with Gasteiger partial charge in [-0.05, 0) is 37.5 Å². The van der Waals surface area contributed by atoms with Gasteiger partial charge in [-0.2, -0.15) is 0 Å². The summed E-state index contributed by atoms with van der Waals surface area (Å²) < 4.78 is 7.89. The minimum atomic E-state index is -0.406. The smallest absolute Gasteiger partial charge is 0.141 e. The number of nitrogens with zero attached hydrogens (tertiary/aromatic N) is 2. The first-order chi connectivity index (χ1) is 9.39. The molecule has 4 heteroatoms. The second kappa shape index (κ2) is 5.54. The summed E-state index contributed by atoms with van der Waals surface area (Å²) in [5, 5.41) is 0. The van der Waals surface area contributed by atoms with Gasteiger partial charge in [0.1, 0.15) is 11.4 Å². The van der Waals surface area contributed by atoms with Crippen molar-refractivity contribution in [3.05, 3.63) is 29.6 Å². The number of methoxy groups -OCH3 is 1. The van der Waals surface area contributed by atoms with Crippen molar-refractivity contribution in [3.63, 3.8) is 0 Å². The number of nitrogens with two attached hydrogens (primary N) is 1. The minimum Gasteiger partial charge on any atom is -0.371 e. The van der Waals surface area contributed by atoms with Crippen molar-refractivity contribution in [2.24, 2.45) is 11.7 Å². The second-order valence-electron chi connectivity index (χ2n) is 6.18. The number of rotatable bonds is 5. The molecule has 4 nitrogen and oxygen atoms in total. The van der Waals surface area contributed by atoms with Crippen molar-refractivity contribution in [3.8, 4) is 0 Å². The first kappa shape index (κ1) is 15.0. The van der Waals surface area contributed by atoms with E-state index in [1.807, 2.05) is 0 Å². The molecular formula is C16H25N3O. The van der Waals surface area contributed by atoms with E-state index in [1.165, 1.54) is 0 Å². The Morgan fingerprint density at radius 2 is 2.05 bits per heavy atom. The molecule has 0 amide bonds. The van der Waals surface area contributed by atoms with Crippen LogP contribution in [0.25, 0.3) is 11.0 Å². The lowest BCUT2D eigenvalue weighted by Gasteiger charge is -2.24. The third-order valence-electron chi connectivity index (χ3n) is 3.64. The van der Waals surface area contributed by atoms with E-state index >= 15 is 0 Å². The van der Waals surface area contributed by atoms with Crippen LogP contribution in [-0.4, -0.2) is 16.7 Å². The summed E-state index contributed by atoms with van der Waals surface area (Å²) in [4.78, 5) is 4.80. The quantitative estimate of drug-likeness (QED) is 0.912. The van der Waals surface area contributed by atoms with Crippen LogP contribution in [0.4, 0.5) is 0 Å². The van der Waals surface area contributed by atoms with E-state index in [4.69, 9.17) is 15.5 Å². The van der Waals surface area contributed by atoms with Crippen LogP contribution in [0.15, 0.2) is 18.2 Å². The van der Waals surface area contributed by atoms with Crippen molar-refractivity contribution >= 4 is 11.0 Å². The Morgan fingerprint density at radius 3 is 2.60 bits per heavy atom. The Morgan fingerprint density at radius 1 is 1.35 bits per heavy atom. The Kier molecular flexibility index (Phi) is 4.16. The van der Waals surface area contributed by atoms with E-state index in [9.17, 15) is 0 Å². The largest absolute Gasteiger partial charge is 0.371 e. The molecule has 0 bridgehead atoms. The fourth-order valence-electron chi connectivity index (χ4n) is 2.40. The number of hydrogen-bond acceptors (Lipinski definition) is 3. The molecule has 0 unspecified atom stereocenters. The average Bonchev–Trinajstić information content (AvgIpc) is 2.76. The Hall–Kier alpha value is -1.39. The molecule has 0 aliphatic rings. The molecule has 0 aliphatic carbocycles. The molecule has 0 atom stereocenters. The van der Waals surface area contributed by atoms with Gasteiger partial charge in [0.15, 0.2) is 0 Å². The topological polar surface area (TPSA) is 53.1 Å². The van der Waals surface area contributed by atoms with Gasteiger partial charge in [0.25, 0.3) is 0 Å². The molecule has 1 aromatic heterocycles. The van der Waals surface area contributed by atoms with E-state index in [0.29, 0.717) is 12.5 Å². The zero-order valence-electron chi connectivity index (χ0n) is 13.1. The maximum atomic E-state index is 5.72. The highest BCUT2D eigenvalue weighted by Gasteiger charge is 2.27. The van der Waals surface area contributed by atoms with E-state index in [1.54, 1.807) is 7.11 Å². The normalized spacial score (nSPS) is 12.6. The predicted molar refractivity (Wildman–Crippen MR) is 82.5 cm³/mol. The van der Waals surface area contributed by atoms with Crippen molar-refractivity contribution in [2.75, 3.05) is 7.11 Å². The van der Waals surface area contributed by atoms with E-state index in [-0.39, 0.29) is 0 Å². The third-order valence-corrected chi connectivity index (χ3v) is 3.64. The summed E-state index contributed by atoms with van der Waals surface area (Å²) in [5.74, 6) is 1.52. The standard InChI is InChI=1S/C16H25N3O/c1-11(2)10-19-14-7-6-12(9-17)8-13(14)18-15(19)16(3,4)20-5/h6-8,11H,9-10,17H2,1-5H3. The first-order valence-electron chi connectivity index (χ1n) is 7.14. The van der Waals surface area contributed by atoms with Gasteiger partial charge in [0, 0.05) is 20.2 Å². The zero-order valence-corrected chi connectivity index (χ0v) is 13.1. The molecule has 0 saturated heterocycles. The number of imidazole rings is 1. The molecule has 1 heterocycles. The highest BCUT2D eigenvalue weighted by molar-refractivity contribution is 5.77. The first-order valence-corrected chi connectivity index (χ1v) is 7.14. The fourth-order valence-corrected chi connectivity index (χ4v) is 2.40. The van der Waals surface area contributed by atoms with Crippen molar-refractivity contribution in [2.45, 2.75) is 46.4 Å². The van der Waals surface area contributed by atoms with Gasteiger partial charge in [-0.1, -0.05) is 19.9 Å². The molecule has 0 radical (unpaired) electrons. The Labute approximate surface area is 120 Å². The lowest BCUT2D eigenvalue weighted by atomic mass is 10.1. The third kappa shape index (κ3) is 2.72. The van der Waals surface area contributed by atoms with Crippen molar-refractivity contribution in [1.82, 2.24) is 9.55 Å². The van der Waals surface area contributed by atoms with E-state index < -0.39 is 5.60 Å². The molecule has 110 valence electrons. The summed E-state index contributed by atoms with van der Waals surface area (Å²) in [5.41, 5.74) is 8.56. The highest BCUT2D eigenvalue weighted by atomic mass is 16.5. The zero-order chi connectivity index (χ0) is 14.9. The maximum Gasteiger partial charge on any atom is 0.141 e. The van der Waals surface area contributed by atoms with Crippen molar-refractivity contribution in [1.29, 1.82) is 0 Å². The van der Waals surface area contributed by atoms with Gasteiger partial charge in [0.05, 0.1) is 11.0 Å². The fraction of sp³-hybridized carbons (Fsp3) is 0.562. The molecule has 0 saturated carbocycles. The molecular weight excluding hydrogens is 250 g/mol. The van der Waals surface area contributed by atoms with Crippen molar-refractivity contribution < 1.29 is 4.74 Å². The lowest BCUT2D eigenvalue weighted by molar-refractivity contribution is 0.00854. The summed E-state index contributed by atoms with van der Waals surface area (Å²) in [7, 11) is 1.73. The Bertz CT molecular complexity index is 599. The second-order valence-corrected chi connectivity index (χ2v) is 6.18. The molecule has 2 N–H and O–H groups in total. The van der Waals surface area contributed by atoms with Crippen LogP contribution in [0, 0.1) is 5.92 Å². The Balaban J connectivity index is 2.65. The van der Waals surface area contributed by atoms with E-state index in [0.717, 1.165) is 29.0 Å². The van der Waals surface area contributed by atoms with Gasteiger partial charge in [0.2, 0.25) is 0 Å². The van der Waals surface area contributed by atoms with Crippen LogP contribution < -0.4 is 5.73 Å². The molecule has 0 aliphatic heterocycles. The number of aromatic nitrogens is 2. The van der Waals surface area contributed by atoms with Crippen LogP contribution in [0.5, 0.6) is 0 Å². The van der Waals surface area contributed by atoms with Gasteiger partial charge in [-0.15, -0.1) is 0 Å². The van der Waals surface area contributed by atoms with E-state index in [2.05, 4.69) is 50.5 Å². The van der Waals surface area contributed by atoms with Crippen LogP contribution in [0.1, 0.15) is 39.1 Å². The van der Waals surface area contributed by atoms with Crippen LogP contribution in [0.2, 0.25) is 0 Å². The predicted octanol–water partition coefficient (Wildman–Crippen LogP) is 3.03. The SMILES string of the molecule is COC(C)(C)c1nc2cc(CN)ccc2n1CC(C)C. The summed E-state index contributed by atoms with van der Waals surface area (Å²) >= 11 is 0. The summed E-state index contributed by atoms with van der Waals surface area (Å²) in [6.45, 7) is 9.99. The average molecular weight is 275 g/mol. The lowest BCUT2D eigenvalue weighted by Crippen LogP contribution is -2.26. The number of benzene rings is 1. The van der Waals surface area contributed by atoms with Crippen LogP contribution in [0.3, 0.4) is 0 Å². The molecule has 0 fully saturated rings. The number of fused-ring (bicyclic) bond motifs is 1. The summed E-state index contributed by atoms with van der Waals surface area (Å²) in [6, 6.07) is 6.26. The molecule has 2 rings (SSSR count). The maximum absolute atomic E-state index is 5.72. The minimum absolute atomic E-state index is 0.406. The van der Waals surface area contributed by atoms with Crippen LogP contribution >= 0.6 is 0 Å². The highest BCUT2D eigenvalue weighted by Crippen LogP contribution is 2.28. The van der Waals surface area contributed by atoms with Crippen LogP contribution in [-0.2, 0) is 23.4 Å². The van der Waals surface area contributed by atoms with Gasteiger partial charge < -0.3 is 15.0 Å². The molecule has 0 spiro atoms. The monoisotopic (exact) mass is 275 g/mol. The number of ether oxygens (including phenoxy) is 1. The van der Waals surface area contributed by atoms with Gasteiger partial charge >= 0.3 is 0 Å². The summed E-state index contributed by atoms with van der Waals surface area (Å²) in [6.07, 6.45) is 0. The number of hydrogen-bond donors (Lipinski definition) is 1. The molecule has 1 aromatic carbocycles. The van der Waals surface area contributed by atoms with Gasteiger partial charge in [-0.25, -0.2) is 4.98 Å². The van der Waals surface area contributed by atoms with Gasteiger partial charge in [-0.3, -0.25) is 0 Å². The molecule has 20 heavy (non-hydrogen) atoms. The molecule has 2 aromatic rings.